The molecule has 172 valence electrons. The first kappa shape index (κ1) is 22.0. The third-order valence-corrected chi connectivity index (χ3v) is 6.12. The Morgan fingerprint density at radius 1 is 1.06 bits per heavy atom. The number of rotatable bonds is 7. The second-order valence-electron chi connectivity index (χ2n) is 7.04. The van der Waals surface area contributed by atoms with Crippen LogP contribution >= 0.6 is 23.4 Å². The molecule has 3 aromatic heterocycles. The topological polar surface area (TPSA) is 120 Å². The van der Waals surface area contributed by atoms with Crippen LogP contribution in [0, 0.1) is 0 Å². The molecule has 1 N–H and O–H groups in total. The minimum absolute atomic E-state index is 0.334. The van der Waals surface area contributed by atoms with E-state index in [1.807, 2.05) is 18.2 Å². The zero-order chi connectivity index (χ0) is 23.7. The Labute approximate surface area is 201 Å². The van der Waals surface area contributed by atoms with Crippen LogP contribution in [0.4, 0.5) is 0 Å². The van der Waals surface area contributed by atoms with Gasteiger partial charge in [0, 0.05) is 16.1 Å². The van der Waals surface area contributed by atoms with Gasteiger partial charge in [-0.1, -0.05) is 28.5 Å². The highest BCUT2D eigenvalue weighted by molar-refractivity contribution is 7.98. The zero-order valence-corrected chi connectivity index (χ0v) is 19.6. The van der Waals surface area contributed by atoms with Crippen molar-refractivity contribution >= 4 is 28.9 Å². The molecule has 0 fully saturated rings. The van der Waals surface area contributed by atoms with Gasteiger partial charge in [0.25, 0.3) is 5.56 Å². The van der Waals surface area contributed by atoms with E-state index in [-0.39, 0.29) is 5.56 Å². The van der Waals surface area contributed by atoms with E-state index in [4.69, 9.17) is 25.6 Å². The van der Waals surface area contributed by atoms with Gasteiger partial charge in [-0.3, -0.25) is 4.79 Å². The Hall–Kier alpha value is -3.83. The van der Waals surface area contributed by atoms with Crippen LogP contribution in [-0.2, 0) is 5.75 Å². The summed E-state index contributed by atoms with van der Waals surface area (Å²) in [5.41, 5.74) is 2.15. The molecule has 0 bridgehead atoms. The lowest BCUT2D eigenvalue weighted by Crippen LogP contribution is -2.13. The number of aromatic amines is 1. The number of benzene rings is 2. The molecule has 5 aromatic rings. The Morgan fingerprint density at radius 3 is 2.59 bits per heavy atom. The summed E-state index contributed by atoms with van der Waals surface area (Å²) in [6.07, 6.45) is 0. The van der Waals surface area contributed by atoms with E-state index in [1.54, 1.807) is 44.6 Å². The molecule has 0 aliphatic rings. The van der Waals surface area contributed by atoms with Crippen molar-refractivity contribution in [3.05, 3.63) is 69.8 Å². The van der Waals surface area contributed by atoms with Crippen molar-refractivity contribution in [3.63, 3.8) is 0 Å². The molecule has 0 aliphatic carbocycles. The monoisotopic (exact) mass is 496 g/mol. The number of nitrogens with one attached hydrogen (secondary N) is 1. The summed E-state index contributed by atoms with van der Waals surface area (Å²) in [6.45, 7) is 0. The van der Waals surface area contributed by atoms with Crippen molar-refractivity contribution in [2.75, 3.05) is 14.2 Å². The van der Waals surface area contributed by atoms with E-state index >= 15 is 0 Å². The van der Waals surface area contributed by atoms with E-state index < -0.39 is 0 Å². The highest BCUT2D eigenvalue weighted by atomic mass is 35.5. The number of H-pyrrole nitrogens is 1. The van der Waals surface area contributed by atoms with Crippen molar-refractivity contribution in [2.45, 2.75) is 10.9 Å². The summed E-state index contributed by atoms with van der Waals surface area (Å²) in [5, 5.41) is 16.3. The predicted octanol–water partition coefficient (Wildman–Crippen LogP) is 4.10. The SMILES string of the molecule is COc1ccc(-c2cc3c(=O)[nH]nc(SCc4nc(-c5ccc(Cl)cc5)no4)n3n2)cc1OC. The molecular weight excluding hydrogens is 480 g/mol. The van der Waals surface area contributed by atoms with Crippen molar-refractivity contribution in [2.24, 2.45) is 0 Å². The molecule has 0 saturated carbocycles. The van der Waals surface area contributed by atoms with Gasteiger partial charge in [-0.05, 0) is 48.5 Å². The number of aromatic nitrogens is 6. The molecule has 10 nitrogen and oxygen atoms in total. The fourth-order valence-corrected chi connectivity index (χ4v) is 4.15. The van der Waals surface area contributed by atoms with E-state index in [0.717, 1.165) is 11.1 Å². The van der Waals surface area contributed by atoms with Crippen molar-refractivity contribution in [1.29, 1.82) is 0 Å². The Morgan fingerprint density at radius 2 is 1.82 bits per heavy atom. The van der Waals surface area contributed by atoms with Crippen molar-refractivity contribution in [3.8, 4) is 34.1 Å². The molecule has 0 spiro atoms. The summed E-state index contributed by atoms with van der Waals surface area (Å²) in [5.74, 6) is 2.36. The summed E-state index contributed by atoms with van der Waals surface area (Å²) in [6, 6.07) is 14.3. The highest BCUT2D eigenvalue weighted by Crippen LogP contribution is 2.32. The lowest BCUT2D eigenvalue weighted by molar-refractivity contribution is 0.355. The minimum atomic E-state index is -0.355. The van der Waals surface area contributed by atoms with Gasteiger partial charge in [-0.15, -0.1) is 5.10 Å². The van der Waals surface area contributed by atoms with Crippen LogP contribution in [0.5, 0.6) is 11.5 Å². The lowest BCUT2D eigenvalue weighted by atomic mass is 10.1. The number of fused-ring (bicyclic) bond motifs is 1. The number of halogens is 1. The van der Waals surface area contributed by atoms with Crippen LogP contribution < -0.4 is 15.0 Å². The van der Waals surface area contributed by atoms with Gasteiger partial charge >= 0.3 is 0 Å². The van der Waals surface area contributed by atoms with Gasteiger partial charge in [0.05, 0.1) is 25.7 Å². The minimum Gasteiger partial charge on any atom is -0.493 e. The van der Waals surface area contributed by atoms with Gasteiger partial charge in [0.2, 0.25) is 16.9 Å². The van der Waals surface area contributed by atoms with Gasteiger partial charge in [0.1, 0.15) is 5.52 Å². The van der Waals surface area contributed by atoms with E-state index in [1.165, 1.54) is 16.3 Å². The summed E-state index contributed by atoms with van der Waals surface area (Å²) in [4.78, 5) is 16.8. The lowest BCUT2D eigenvalue weighted by Gasteiger charge is -2.08. The van der Waals surface area contributed by atoms with E-state index in [2.05, 4.69) is 25.4 Å². The number of nitrogens with zero attached hydrogens (tertiary/aromatic N) is 5. The maximum absolute atomic E-state index is 12.4. The first-order chi connectivity index (χ1) is 16.6. The highest BCUT2D eigenvalue weighted by Gasteiger charge is 2.16. The summed E-state index contributed by atoms with van der Waals surface area (Å²) < 4.78 is 17.5. The summed E-state index contributed by atoms with van der Waals surface area (Å²) in [7, 11) is 3.13. The van der Waals surface area contributed by atoms with Gasteiger partial charge in [-0.25, -0.2) is 9.61 Å². The molecule has 0 amide bonds. The Bertz CT molecular complexity index is 1530. The Balaban J connectivity index is 1.42. The molecule has 34 heavy (non-hydrogen) atoms. The fraction of sp³-hybridized carbons (Fsp3) is 0.136. The summed E-state index contributed by atoms with van der Waals surface area (Å²) >= 11 is 7.23. The molecule has 0 radical (unpaired) electrons. The van der Waals surface area contributed by atoms with Crippen LogP contribution in [0.3, 0.4) is 0 Å². The fourth-order valence-electron chi connectivity index (χ4n) is 3.28. The van der Waals surface area contributed by atoms with Crippen LogP contribution in [0.2, 0.25) is 5.02 Å². The normalized spacial score (nSPS) is 11.1. The second-order valence-corrected chi connectivity index (χ2v) is 8.42. The van der Waals surface area contributed by atoms with Crippen LogP contribution in [0.15, 0.2) is 63.0 Å². The number of ether oxygens (including phenoxy) is 2. The van der Waals surface area contributed by atoms with Gasteiger partial charge in [0.15, 0.2) is 11.5 Å². The number of hydrogen-bond acceptors (Lipinski definition) is 9. The maximum atomic E-state index is 12.4. The maximum Gasteiger partial charge on any atom is 0.290 e. The van der Waals surface area contributed by atoms with Gasteiger partial charge < -0.3 is 14.0 Å². The van der Waals surface area contributed by atoms with Crippen LogP contribution in [-0.4, -0.2) is 44.2 Å². The number of hydrogen-bond donors (Lipinski definition) is 1. The molecule has 2 aromatic carbocycles. The average Bonchev–Trinajstić information content (AvgIpc) is 3.52. The molecule has 3 heterocycles. The third kappa shape index (κ3) is 4.22. The molecule has 0 unspecified atom stereocenters. The van der Waals surface area contributed by atoms with Crippen molar-refractivity contribution < 1.29 is 14.0 Å². The largest absolute Gasteiger partial charge is 0.493 e. The smallest absolute Gasteiger partial charge is 0.290 e. The standard InChI is InChI=1S/C22H17ClN6O4S/c1-31-17-8-5-13(9-18(17)32-2)15-10-16-21(30)25-26-22(29(16)27-15)34-11-19-24-20(28-33-19)12-3-6-14(23)7-4-12/h3-10H,11H2,1-2H3,(H,25,30). The molecule has 12 heteroatoms. The third-order valence-electron chi connectivity index (χ3n) is 4.95. The quantitative estimate of drug-likeness (QED) is 0.332. The molecular formula is C22H17ClN6O4S. The molecule has 0 saturated heterocycles. The average molecular weight is 497 g/mol. The van der Waals surface area contributed by atoms with Crippen molar-refractivity contribution in [1.82, 2.24) is 30.0 Å². The first-order valence-corrected chi connectivity index (χ1v) is 11.3. The van der Waals surface area contributed by atoms with Crippen LogP contribution in [0.1, 0.15) is 5.89 Å². The molecule has 0 atom stereocenters. The Kier molecular flexibility index (Phi) is 5.95. The van der Waals surface area contributed by atoms with Crippen LogP contribution in [0.25, 0.3) is 28.2 Å². The number of methoxy groups -OCH3 is 2. The molecule has 0 aliphatic heterocycles. The second kappa shape index (κ2) is 9.20. The van der Waals surface area contributed by atoms with E-state index in [0.29, 0.717) is 50.4 Å². The molecule has 5 rings (SSSR count). The first-order valence-electron chi connectivity index (χ1n) is 9.98. The predicted molar refractivity (Wildman–Crippen MR) is 126 cm³/mol. The zero-order valence-electron chi connectivity index (χ0n) is 18.0. The van der Waals surface area contributed by atoms with Gasteiger partial charge in [-0.2, -0.15) is 10.1 Å². The van der Waals surface area contributed by atoms with E-state index in [9.17, 15) is 4.79 Å². The number of thioether (sulfide) groups is 1.